The molecule has 0 amide bonds. The van der Waals surface area contributed by atoms with Crippen LogP contribution in [0.1, 0.15) is 25.3 Å². The second-order valence-electron chi connectivity index (χ2n) is 4.69. The Morgan fingerprint density at radius 2 is 1.95 bits per heavy atom. The van der Waals surface area contributed by atoms with E-state index in [9.17, 15) is 0 Å². The fourth-order valence-corrected chi connectivity index (χ4v) is 2.87. The van der Waals surface area contributed by atoms with Crippen molar-refractivity contribution >= 4 is 11.3 Å². The molecule has 96 valence electrons. The standard InChI is InChI=1S/C14H14N4S/c1-9(2)10-4-3-5-11(8-10)12-6-7-13(19-12)14-15-17-18-16-14/h3-9H,1-2H3,(H,15,16,17,18). The predicted molar refractivity (Wildman–Crippen MR) is 77.0 cm³/mol. The lowest BCUT2D eigenvalue weighted by Gasteiger charge is -2.06. The Balaban J connectivity index is 1.97. The third kappa shape index (κ3) is 2.42. The first-order valence-electron chi connectivity index (χ1n) is 6.18. The summed E-state index contributed by atoms with van der Waals surface area (Å²) in [6.45, 7) is 4.41. The number of hydrogen-bond acceptors (Lipinski definition) is 4. The van der Waals surface area contributed by atoms with E-state index in [1.807, 2.05) is 6.07 Å². The highest BCUT2D eigenvalue weighted by molar-refractivity contribution is 7.18. The number of benzene rings is 1. The second-order valence-corrected chi connectivity index (χ2v) is 5.78. The number of H-pyrrole nitrogens is 1. The molecule has 2 heterocycles. The average Bonchev–Trinajstić information content (AvgIpc) is 3.09. The van der Waals surface area contributed by atoms with Crippen molar-refractivity contribution < 1.29 is 0 Å². The largest absolute Gasteiger partial charge is 0.238 e. The van der Waals surface area contributed by atoms with Gasteiger partial charge in [0, 0.05) is 4.88 Å². The molecule has 4 nitrogen and oxygen atoms in total. The Bertz CT molecular complexity index is 670. The normalized spacial score (nSPS) is 11.1. The van der Waals surface area contributed by atoms with Crippen LogP contribution in [0.25, 0.3) is 21.1 Å². The van der Waals surface area contributed by atoms with Gasteiger partial charge in [-0.1, -0.05) is 38.1 Å². The predicted octanol–water partition coefficient (Wildman–Crippen LogP) is 3.72. The summed E-state index contributed by atoms with van der Waals surface area (Å²) in [6, 6.07) is 12.8. The van der Waals surface area contributed by atoms with E-state index in [4.69, 9.17) is 0 Å². The molecule has 0 atom stereocenters. The van der Waals surface area contributed by atoms with E-state index < -0.39 is 0 Å². The summed E-state index contributed by atoms with van der Waals surface area (Å²) in [6.07, 6.45) is 0. The molecule has 0 saturated heterocycles. The molecule has 5 heteroatoms. The van der Waals surface area contributed by atoms with E-state index in [2.05, 4.69) is 64.8 Å². The molecule has 0 bridgehead atoms. The van der Waals surface area contributed by atoms with Crippen LogP contribution in [0.2, 0.25) is 0 Å². The van der Waals surface area contributed by atoms with Gasteiger partial charge in [0.2, 0.25) is 0 Å². The van der Waals surface area contributed by atoms with Crippen LogP contribution >= 0.6 is 11.3 Å². The van der Waals surface area contributed by atoms with Gasteiger partial charge < -0.3 is 0 Å². The van der Waals surface area contributed by atoms with E-state index in [1.54, 1.807) is 11.3 Å². The molecular formula is C14H14N4S. The molecule has 0 fully saturated rings. The third-order valence-corrected chi connectivity index (χ3v) is 4.16. The molecule has 0 aliphatic carbocycles. The fraction of sp³-hybridized carbons (Fsp3) is 0.214. The Labute approximate surface area is 115 Å². The SMILES string of the molecule is CC(C)c1cccc(-c2ccc(-c3nnn[nH]3)s2)c1. The lowest BCUT2D eigenvalue weighted by atomic mass is 10.0. The van der Waals surface area contributed by atoms with Crippen LogP contribution in [0, 0.1) is 0 Å². The summed E-state index contributed by atoms with van der Waals surface area (Å²) in [5.74, 6) is 1.26. The van der Waals surface area contributed by atoms with Crippen molar-refractivity contribution in [2.75, 3.05) is 0 Å². The molecule has 0 saturated carbocycles. The Morgan fingerprint density at radius 3 is 2.68 bits per heavy atom. The molecule has 0 aliphatic heterocycles. The zero-order valence-electron chi connectivity index (χ0n) is 10.8. The van der Waals surface area contributed by atoms with Crippen molar-refractivity contribution in [1.82, 2.24) is 20.6 Å². The molecule has 3 rings (SSSR count). The van der Waals surface area contributed by atoms with E-state index in [0.29, 0.717) is 5.92 Å². The van der Waals surface area contributed by atoms with E-state index in [0.717, 1.165) is 10.7 Å². The van der Waals surface area contributed by atoms with Gasteiger partial charge in [-0.05, 0) is 39.6 Å². The van der Waals surface area contributed by atoms with Gasteiger partial charge in [0.05, 0.1) is 4.88 Å². The van der Waals surface area contributed by atoms with E-state index >= 15 is 0 Å². The third-order valence-electron chi connectivity index (χ3n) is 3.02. The molecule has 19 heavy (non-hydrogen) atoms. The van der Waals surface area contributed by atoms with Crippen LogP contribution in [-0.4, -0.2) is 20.6 Å². The van der Waals surface area contributed by atoms with E-state index in [1.165, 1.54) is 16.0 Å². The number of nitrogens with one attached hydrogen (secondary N) is 1. The Kier molecular flexibility index (Phi) is 3.13. The highest BCUT2D eigenvalue weighted by atomic mass is 32.1. The number of nitrogens with zero attached hydrogens (tertiary/aromatic N) is 3. The summed E-state index contributed by atoms with van der Waals surface area (Å²) in [5.41, 5.74) is 2.60. The zero-order chi connectivity index (χ0) is 13.2. The first-order valence-corrected chi connectivity index (χ1v) is 7.00. The molecule has 0 aliphatic rings. The Morgan fingerprint density at radius 1 is 1.11 bits per heavy atom. The number of rotatable bonds is 3. The molecule has 2 aromatic heterocycles. The molecule has 1 aromatic carbocycles. The van der Waals surface area contributed by atoms with Gasteiger partial charge in [-0.2, -0.15) is 0 Å². The van der Waals surface area contributed by atoms with Crippen LogP contribution < -0.4 is 0 Å². The van der Waals surface area contributed by atoms with Crippen LogP contribution in [0.3, 0.4) is 0 Å². The van der Waals surface area contributed by atoms with E-state index in [-0.39, 0.29) is 0 Å². The van der Waals surface area contributed by atoms with Crippen molar-refractivity contribution in [3.8, 4) is 21.1 Å². The Hall–Kier alpha value is -2.01. The van der Waals surface area contributed by atoms with Crippen molar-refractivity contribution in [3.63, 3.8) is 0 Å². The van der Waals surface area contributed by atoms with Crippen LogP contribution in [0.15, 0.2) is 36.4 Å². The van der Waals surface area contributed by atoms with Gasteiger partial charge in [-0.3, -0.25) is 0 Å². The van der Waals surface area contributed by atoms with Crippen molar-refractivity contribution in [1.29, 1.82) is 0 Å². The van der Waals surface area contributed by atoms with Gasteiger partial charge in [-0.25, -0.2) is 5.10 Å². The maximum Gasteiger partial charge on any atom is 0.189 e. The first-order chi connectivity index (χ1) is 9.24. The minimum Gasteiger partial charge on any atom is -0.238 e. The van der Waals surface area contributed by atoms with Crippen molar-refractivity contribution in [3.05, 3.63) is 42.0 Å². The van der Waals surface area contributed by atoms with Crippen LogP contribution in [-0.2, 0) is 0 Å². The molecule has 1 N–H and O–H groups in total. The number of hydrogen-bond donors (Lipinski definition) is 1. The minimum absolute atomic E-state index is 0.540. The van der Waals surface area contributed by atoms with Gasteiger partial charge in [-0.15, -0.1) is 16.4 Å². The zero-order valence-corrected chi connectivity index (χ0v) is 11.6. The average molecular weight is 270 g/mol. The van der Waals surface area contributed by atoms with Crippen LogP contribution in [0.4, 0.5) is 0 Å². The quantitative estimate of drug-likeness (QED) is 0.789. The number of aromatic nitrogens is 4. The van der Waals surface area contributed by atoms with Crippen molar-refractivity contribution in [2.24, 2.45) is 0 Å². The first kappa shape index (κ1) is 12.0. The summed E-state index contributed by atoms with van der Waals surface area (Å²) < 4.78 is 0. The molecule has 3 aromatic rings. The summed E-state index contributed by atoms with van der Waals surface area (Å²) >= 11 is 1.69. The lowest BCUT2D eigenvalue weighted by Crippen LogP contribution is -1.86. The van der Waals surface area contributed by atoms with Crippen molar-refractivity contribution in [2.45, 2.75) is 19.8 Å². The fourth-order valence-electron chi connectivity index (χ4n) is 1.93. The molecular weight excluding hydrogens is 256 g/mol. The maximum absolute atomic E-state index is 3.93. The van der Waals surface area contributed by atoms with Gasteiger partial charge in [0.15, 0.2) is 5.82 Å². The number of thiophene rings is 1. The second kappa shape index (κ2) is 4.93. The van der Waals surface area contributed by atoms with Gasteiger partial charge >= 0.3 is 0 Å². The highest BCUT2D eigenvalue weighted by Gasteiger charge is 2.08. The topological polar surface area (TPSA) is 54.5 Å². The summed E-state index contributed by atoms with van der Waals surface area (Å²) in [7, 11) is 0. The number of aromatic amines is 1. The summed E-state index contributed by atoms with van der Waals surface area (Å²) in [4.78, 5) is 2.28. The highest BCUT2D eigenvalue weighted by Crippen LogP contribution is 2.33. The summed E-state index contributed by atoms with van der Waals surface area (Å²) in [5, 5.41) is 13.9. The maximum atomic E-state index is 3.93. The molecule has 0 unspecified atom stereocenters. The smallest absolute Gasteiger partial charge is 0.189 e. The molecule has 0 radical (unpaired) electrons. The van der Waals surface area contributed by atoms with Gasteiger partial charge in [0.1, 0.15) is 0 Å². The van der Waals surface area contributed by atoms with Gasteiger partial charge in [0.25, 0.3) is 0 Å². The monoisotopic (exact) mass is 270 g/mol. The molecule has 0 spiro atoms. The van der Waals surface area contributed by atoms with Crippen LogP contribution in [0.5, 0.6) is 0 Å². The minimum atomic E-state index is 0.540. The number of tetrazole rings is 1. The lowest BCUT2D eigenvalue weighted by molar-refractivity contribution is 0.867.